The van der Waals surface area contributed by atoms with Crippen molar-refractivity contribution in [2.45, 2.75) is 13.3 Å². The smallest absolute Gasteiger partial charge is 0.246 e. The zero-order valence-electron chi connectivity index (χ0n) is 30.4. The number of amides is 2. The fraction of sp³-hybridized carbons (Fsp3) is 0.436. The molecule has 0 unspecified atom stereocenters. The van der Waals surface area contributed by atoms with E-state index in [0.717, 1.165) is 100 Å². The Morgan fingerprint density at radius 1 is 0.560 bits per heavy atom. The van der Waals surface area contributed by atoms with E-state index in [1.54, 1.807) is 59.9 Å². The molecule has 0 atom stereocenters. The Morgan fingerprint density at radius 2 is 0.940 bits per heavy atom. The third-order valence-corrected chi connectivity index (χ3v) is 9.06. The molecule has 0 saturated carbocycles. The number of carbonyl (C=O) groups excluding carboxylic acids is 2. The van der Waals surface area contributed by atoms with Crippen molar-refractivity contribution in [1.29, 1.82) is 0 Å². The summed E-state index contributed by atoms with van der Waals surface area (Å²) in [6, 6.07) is 7.61. The van der Waals surface area contributed by atoms with Crippen molar-refractivity contribution in [2.75, 3.05) is 101 Å². The maximum Gasteiger partial charge on any atom is 0.246 e. The second kappa shape index (κ2) is 19.4. The van der Waals surface area contributed by atoms with Crippen LogP contribution in [0.3, 0.4) is 0 Å². The zero-order valence-corrected chi connectivity index (χ0v) is 30.4. The summed E-state index contributed by atoms with van der Waals surface area (Å²) in [6.45, 7) is 10.3. The van der Waals surface area contributed by atoms with Crippen molar-refractivity contribution in [3.63, 3.8) is 0 Å². The van der Waals surface area contributed by atoms with Gasteiger partial charge < -0.3 is 33.5 Å². The van der Waals surface area contributed by atoms with E-state index in [2.05, 4.69) is 9.80 Å². The van der Waals surface area contributed by atoms with Crippen LogP contribution in [0.25, 0.3) is 12.2 Å². The number of methoxy groups -OCH3 is 5. The Kier molecular flexibility index (Phi) is 14.8. The number of piperazine rings is 2. The summed E-state index contributed by atoms with van der Waals surface area (Å²) in [5.41, 5.74) is 2.77. The van der Waals surface area contributed by atoms with Crippen LogP contribution in [-0.4, -0.2) is 132 Å². The molecule has 0 aliphatic carbocycles. The Hall–Kier alpha value is -4.74. The molecule has 2 aromatic rings. The second-order valence-corrected chi connectivity index (χ2v) is 12.1. The molecular formula is C39H52N4O7. The first kappa shape index (κ1) is 38.1. The number of carbonyl (C=O) groups is 2. The topological polar surface area (TPSA) is 93.3 Å². The summed E-state index contributed by atoms with van der Waals surface area (Å²) in [5.74, 6) is 3.28. The van der Waals surface area contributed by atoms with Gasteiger partial charge in [0, 0.05) is 70.1 Å². The molecule has 11 nitrogen and oxygen atoms in total. The van der Waals surface area contributed by atoms with Gasteiger partial charge >= 0.3 is 0 Å². The van der Waals surface area contributed by atoms with E-state index in [4.69, 9.17) is 23.7 Å². The van der Waals surface area contributed by atoms with E-state index >= 15 is 0 Å². The van der Waals surface area contributed by atoms with Gasteiger partial charge in [-0.15, -0.1) is 0 Å². The van der Waals surface area contributed by atoms with Crippen LogP contribution in [0, 0.1) is 6.92 Å². The number of benzene rings is 2. The first-order chi connectivity index (χ1) is 24.3. The maximum atomic E-state index is 12.8. The van der Waals surface area contributed by atoms with Crippen LogP contribution in [-0.2, 0) is 9.59 Å². The third-order valence-electron chi connectivity index (χ3n) is 9.06. The van der Waals surface area contributed by atoms with Crippen molar-refractivity contribution in [3.8, 4) is 28.7 Å². The molecule has 4 rings (SSSR count). The van der Waals surface area contributed by atoms with Gasteiger partial charge in [0.1, 0.15) is 11.5 Å². The number of hydrogen-bond donors (Lipinski definition) is 0. The summed E-state index contributed by atoms with van der Waals surface area (Å²) in [4.78, 5) is 34.2. The van der Waals surface area contributed by atoms with Gasteiger partial charge in [-0.05, 0) is 61.8 Å². The molecule has 0 radical (unpaired) electrons. The molecule has 2 saturated heterocycles. The Bertz CT molecular complexity index is 1500. The molecule has 2 aliphatic rings. The highest BCUT2D eigenvalue weighted by atomic mass is 16.5. The Labute approximate surface area is 297 Å². The summed E-state index contributed by atoms with van der Waals surface area (Å²) in [6.07, 6.45) is 15.4. The average molecular weight is 689 g/mol. The highest BCUT2D eigenvalue weighted by Crippen LogP contribution is 2.38. The predicted octanol–water partition coefficient (Wildman–Crippen LogP) is 4.56. The molecule has 2 amide bonds. The molecule has 0 bridgehead atoms. The fourth-order valence-electron chi connectivity index (χ4n) is 6.12. The van der Waals surface area contributed by atoms with Crippen molar-refractivity contribution in [1.82, 2.24) is 19.6 Å². The van der Waals surface area contributed by atoms with Gasteiger partial charge in [0.15, 0.2) is 11.5 Å². The van der Waals surface area contributed by atoms with Crippen LogP contribution in [0.1, 0.15) is 23.1 Å². The van der Waals surface area contributed by atoms with Crippen LogP contribution in [0.15, 0.2) is 60.7 Å². The van der Waals surface area contributed by atoms with E-state index < -0.39 is 0 Å². The van der Waals surface area contributed by atoms with E-state index in [-0.39, 0.29) is 11.8 Å². The first-order valence-electron chi connectivity index (χ1n) is 17.0. The number of hydrogen-bond acceptors (Lipinski definition) is 9. The summed E-state index contributed by atoms with van der Waals surface area (Å²) < 4.78 is 27.1. The molecule has 270 valence electrons. The monoisotopic (exact) mass is 688 g/mol. The van der Waals surface area contributed by atoms with Crippen molar-refractivity contribution >= 4 is 24.0 Å². The fourth-order valence-corrected chi connectivity index (χ4v) is 6.12. The largest absolute Gasteiger partial charge is 0.496 e. The lowest BCUT2D eigenvalue weighted by Gasteiger charge is -2.36. The molecule has 0 spiro atoms. The maximum absolute atomic E-state index is 12.8. The normalized spacial score (nSPS) is 16.2. The van der Waals surface area contributed by atoms with Crippen LogP contribution < -0.4 is 23.7 Å². The minimum absolute atomic E-state index is 0.0186. The summed E-state index contributed by atoms with van der Waals surface area (Å²) >= 11 is 0. The molecule has 11 heteroatoms. The Balaban J connectivity index is 1.11. The van der Waals surface area contributed by atoms with E-state index in [9.17, 15) is 9.59 Å². The SMILES string of the molecule is COc1cc(/C=C/C=C/C(=O)N2CCN(CCCN3CCN(C(=O)/C=C/C=C/c4cc(OC)c(OC)c(OC)c4)CC3)CC2)cc(OC)c1C. The van der Waals surface area contributed by atoms with Crippen LogP contribution in [0.4, 0.5) is 0 Å². The standard InChI is InChI=1S/C39H52N4O7/c1-30-33(46-2)26-31(27-34(30)47-3)12-7-9-14-37(44)42-22-18-40(19-23-42)16-11-17-41-20-24-43(25-21-41)38(45)15-10-8-13-32-28-35(48-4)39(50-6)36(29-32)49-5/h7-10,12-15,26-29H,11,16-25H2,1-6H3/b12-7+,13-8+,14-9+,15-10+. The quantitative estimate of drug-likeness (QED) is 0.197. The van der Waals surface area contributed by atoms with Crippen molar-refractivity contribution < 1.29 is 33.3 Å². The molecular weight excluding hydrogens is 636 g/mol. The number of ether oxygens (including phenoxy) is 5. The van der Waals surface area contributed by atoms with Crippen molar-refractivity contribution in [2.24, 2.45) is 0 Å². The lowest BCUT2D eigenvalue weighted by molar-refractivity contribution is -0.128. The van der Waals surface area contributed by atoms with E-state index in [0.29, 0.717) is 17.2 Å². The predicted molar refractivity (Wildman–Crippen MR) is 197 cm³/mol. The van der Waals surface area contributed by atoms with Crippen LogP contribution in [0.5, 0.6) is 28.7 Å². The highest BCUT2D eigenvalue weighted by Gasteiger charge is 2.22. The van der Waals surface area contributed by atoms with Gasteiger partial charge in [0.25, 0.3) is 0 Å². The van der Waals surface area contributed by atoms with Gasteiger partial charge in [-0.2, -0.15) is 0 Å². The van der Waals surface area contributed by atoms with E-state index in [1.807, 2.05) is 65.3 Å². The van der Waals surface area contributed by atoms with Gasteiger partial charge in [0.05, 0.1) is 35.5 Å². The minimum Gasteiger partial charge on any atom is -0.496 e. The molecule has 2 aliphatic heterocycles. The van der Waals surface area contributed by atoms with Gasteiger partial charge in [-0.25, -0.2) is 0 Å². The average Bonchev–Trinajstić information content (AvgIpc) is 3.15. The first-order valence-corrected chi connectivity index (χ1v) is 17.0. The molecule has 50 heavy (non-hydrogen) atoms. The van der Waals surface area contributed by atoms with Crippen molar-refractivity contribution in [3.05, 3.63) is 77.4 Å². The van der Waals surface area contributed by atoms with Gasteiger partial charge in [-0.1, -0.05) is 36.5 Å². The minimum atomic E-state index is 0.0186. The third kappa shape index (κ3) is 10.6. The summed E-state index contributed by atoms with van der Waals surface area (Å²) in [7, 11) is 8.02. The molecule has 2 fully saturated rings. The number of allylic oxidation sites excluding steroid dienone is 4. The zero-order chi connectivity index (χ0) is 35.9. The number of nitrogens with zero attached hydrogens (tertiary/aromatic N) is 4. The number of rotatable bonds is 15. The molecule has 2 aromatic carbocycles. The lowest BCUT2D eigenvalue weighted by atomic mass is 10.1. The van der Waals surface area contributed by atoms with Crippen LogP contribution >= 0.6 is 0 Å². The molecule has 0 aromatic heterocycles. The second-order valence-electron chi connectivity index (χ2n) is 12.1. The van der Waals surface area contributed by atoms with Crippen LogP contribution in [0.2, 0.25) is 0 Å². The highest BCUT2D eigenvalue weighted by molar-refractivity contribution is 5.88. The molecule has 2 heterocycles. The summed E-state index contributed by atoms with van der Waals surface area (Å²) in [5, 5.41) is 0. The lowest BCUT2D eigenvalue weighted by Crippen LogP contribution is -2.50. The van der Waals surface area contributed by atoms with E-state index in [1.165, 1.54) is 0 Å². The Morgan fingerprint density at radius 3 is 1.30 bits per heavy atom. The molecule has 0 N–H and O–H groups in total. The van der Waals surface area contributed by atoms with Gasteiger partial charge in [0.2, 0.25) is 17.6 Å². The van der Waals surface area contributed by atoms with Gasteiger partial charge in [-0.3, -0.25) is 19.4 Å².